The number of carbonyl (C=O) groups is 2. The van der Waals surface area contributed by atoms with E-state index >= 15 is 0 Å². The lowest BCUT2D eigenvalue weighted by molar-refractivity contribution is -0.139. The molecule has 0 saturated heterocycles. The van der Waals surface area contributed by atoms with Crippen LogP contribution in [0, 0.1) is 5.92 Å². The van der Waals surface area contributed by atoms with Crippen LogP contribution in [-0.4, -0.2) is 40.5 Å². The van der Waals surface area contributed by atoms with Crippen LogP contribution in [0.5, 0.6) is 0 Å². The number of nitrogens with zero attached hydrogens (tertiary/aromatic N) is 1. The summed E-state index contributed by atoms with van der Waals surface area (Å²) in [5.74, 6) is -0.908. The van der Waals surface area contributed by atoms with Gasteiger partial charge in [0.1, 0.15) is 0 Å². The molecule has 1 fully saturated rings. The van der Waals surface area contributed by atoms with Crippen molar-refractivity contribution in [3.8, 4) is 0 Å². The van der Waals surface area contributed by atoms with Gasteiger partial charge in [0.25, 0.3) is 0 Å². The molecule has 1 rings (SSSR count). The quantitative estimate of drug-likeness (QED) is 0.690. The second-order valence-electron chi connectivity index (χ2n) is 4.68. The molecule has 0 heterocycles. The van der Waals surface area contributed by atoms with Gasteiger partial charge in [-0.3, -0.25) is 9.59 Å². The van der Waals surface area contributed by atoms with Gasteiger partial charge in [0.05, 0.1) is 12.5 Å². The standard InChI is InChI=1S/C11H20N2O3/c1-7(2)10(12)11(16)13(8-3-4-8)6-5-9(14)15/h7-8,10H,3-6,12H2,1-2H3,(H,14,15)/t10-/m0/s1. The fourth-order valence-electron chi connectivity index (χ4n) is 1.55. The van der Waals surface area contributed by atoms with Crippen LogP contribution >= 0.6 is 0 Å². The summed E-state index contributed by atoms with van der Waals surface area (Å²) in [5.41, 5.74) is 5.79. The fourth-order valence-corrected chi connectivity index (χ4v) is 1.55. The van der Waals surface area contributed by atoms with E-state index in [-0.39, 0.29) is 30.8 Å². The highest BCUT2D eigenvalue weighted by atomic mass is 16.4. The highest BCUT2D eigenvalue weighted by Gasteiger charge is 2.35. The third kappa shape index (κ3) is 3.48. The number of rotatable bonds is 6. The predicted octanol–water partition coefficient (Wildman–Crippen LogP) is 0.435. The first kappa shape index (κ1) is 13.0. The summed E-state index contributed by atoms with van der Waals surface area (Å²) >= 11 is 0. The van der Waals surface area contributed by atoms with Crippen molar-refractivity contribution in [1.29, 1.82) is 0 Å². The molecule has 0 spiro atoms. The fraction of sp³-hybridized carbons (Fsp3) is 0.818. The molecule has 16 heavy (non-hydrogen) atoms. The van der Waals surface area contributed by atoms with Crippen molar-refractivity contribution in [3.05, 3.63) is 0 Å². The van der Waals surface area contributed by atoms with E-state index in [0.717, 1.165) is 12.8 Å². The van der Waals surface area contributed by atoms with E-state index in [9.17, 15) is 9.59 Å². The van der Waals surface area contributed by atoms with Gasteiger partial charge in [0, 0.05) is 12.6 Å². The lowest BCUT2D eigenvalue weighted by Crippen LogP contribution is -2.48. The Hall–Kier alpha value is -1.10. The van der Waals surface area contributed by atoms with Crippen molar-refractivity contribution >= 4 is 11.9 Å². The first-order chi connectivity index (χ1) is 7.43. The molecule has 5 heteroatoms. The largest absolute Gasteiger partial charge is 0.481 e. The normalized spacial score (nSPS) is 17.2. The molecule has 0 radical (unpaired) electrons. The van der Waals surface area contributed by atoms with Crippen LogP contribution in [0.1, 0.15) is 33.1 Å². The average Bonchev–Trinajstić information content (AvgIpc) is 3.00. The Bertz CT molecular complexity index is 274. The summed E-state index contributed by atoms with van der Waals surface area (Å²) in [6, 6.07) is -0.300. The van der Waals surface area contributed by atoms with E-state index in [4.69, 9.17) is 10.8 Å². The maximum Gasteiger partial charge on any atom is 0.305 e. The highest BCUT2D eigenvalue weighted by molar-refractivity contribution is 5.83. The topological polar surface area (TPSA) is 83.6 Å². The maximum absolute atomic E-state index is 12.0. The Morgan fingerprint density at radius 1 is 1.44 bits per heavy atom. The lowest BCUT2D eigenvalue weighted by Gasteiger charge is -2.26. The van der Waals surface area contributed by atoms with E-state index in [1.54, 1.807) is 4.90 Å². The Balaban J connectivity index is 2.55. The van der Waals surface area contributed by atoms with Crippen molar-refractivity contribution in [2.45, 2.75) is 45.2 Å². The van der Waals surface area contributed by atoms with Crippen molar-refractivity contribution in [1.82, 2.24) is 4.90 Å². The van der Waals surface area contributed by atoms with Crippen molar-refractivity contribution in [2.24, 2.45) is 11.7 Å². The van der Waals surface area contributed by atoms with Gasteiger partial charge in [0.15, 0.2) is 0 Å². The Morgan fingerprint density at radius 3 is 2.38 bits per heavy atom. The van der Waals surface area contributed by atoms with E-state index in [0.29, 0.717) is 0 Å². The number of carbonyl (C=O) groups excluding carboxylic acids is 1. The molecular weight excluding hydrogens is 208 g/mol. The minimum absolute atomic E-state index is 0.00689. The molecule has 0 aromatic carbocycles. The van der Waals surface area contributed by atoms with Crippen LogP contribution < -0.4 is 5.73 Å². The van der Waals surface area contributed by atoms with Gasteiger partial charge in [0.2, 0.25) is 5.91 Å². The molecule has 0 aliphatic heterocycles. The van der Waals surface area contributed by atoms with E-state index in [2.05, 4.69) is 0 Å². The van der Waals surface area contributed by atoms with Crippen LogP contribution in [-0.2, 0) is 9.59 Å². The molecule has 1 aliphatic rings. The number of carboxylic acids is 1. The van der Waals surface area contributed by atoms with Crippen LogP contribution in [0.25, 0.3) is 0 Å². The summed E-state index contributed by atoms with van der Waals surface area (Å²) in [4.78, 5) is 24.1. The van der Waals surface area contributed by atoms with Gasteiger partial charge in [-0.15, -0.1) is 0 Å². The molecule has 0 bridgehead atoms. The van der Waals surface area contributed by atoms with E-state index in [1.165, 1.54) is 0 Å². The Labute approximate surface area is 95.6 Å². The molecule has 0 aromatic rings. The van der Waals surface area contributed by atoms with Crippen LogP contribution in [0.4, 0.5) is 0 Å². The number of hydrogen-bond donors (Lipinski definition) is 2. The third-order valence-corrected chi connectivity index (χ3v) is 2.84. The van der Waals surface area contributed by atoms with Crippen molar-refractivity contribution in [3.63, 3.8) is 0 Å². The second kappa shape index (κ2) is 5.30. The number of hydrogen-bond acceptors (Lipinski definition) is 3. The minimum atomic E-state index is -0.878. The summed E-state index contributed by atoms with van der Waals surface area (Å²) in [7, 11) is 0. The van der Waals surface area contributed by atoms with Gasteiger partial charge in [-0.2, -0.15) is 0 Å². The van der Waals surface area contributed by atoms with Crippen LogP contribution in [0.2, 0.25) is 0 Å². The monoisotopic (exact) mass is 228 g/mol. The van der Waals surface area contributed by atoms with E-state index < -0.39 is 12.0 Å². The molecule has 0 aromatic heterocycles. The summed E-state index contributed by atoms with van der Waals surface area (Å²) in [6.45, 7) is 4.06. The van der Waals surface area contributed by atoms with Crippen LogP contribution in [0.3, 0.4) is 0 Å². The van der Waals surface area contributed by atoms with Gasteiger partial charge in [-0.1, -0.05) is 13.8 Å². The maximum atomic E-state index is 12.0. The molecule has 3 N–H and O–H groups in total. The van der Waals surface area contributed by atoms with Crippen LogP contribution in [0.15, 0.2) is 0 Å². The molecule has 92 valence electrons. The predicted molar refractivity (Wildman–Crippen MR) is 59.8 cm³/mol. The smallest absolute Gasteiger partial charge is 0.305 e. The summed E-state index contributed by atoms with van der Waals surface area (Å²) < 4.78 is 0. The minimum Gasteiger partial charge on any atom is -0.481 e. The zero-order chi connectivity index (χ0) is 12.3. The molecule has 0 unspecified atom stereocenters. The van der Waals surface area contributed by atoms with Gasteiger partial charge in [-0.25, -0.2) is 0 Å². The number of nitrogens with two attached hydrogens (primary N) is 1. The van der Waals surface area contributed by atoms with Gasteiger partial charge in [-0.05, 0) is 18.8 Å². The Kier molecular flexibility index (Phi) is 4.29. The van der Waals surface area contributed by atoms with Crippen molar-refractivity contribution < 1.29 is 14.7 Å². The number of carboxylic acid groups (broad SMARTS) is 1. The SMILES string of the molecule is CC(C)[C@H](N)C(=O)N(CCC(=O)O)C1CC1. The summed E-state index contributed by atoms with van der Waals surface area (Å²) in [6.07, 6.45) is 1.93. The first-order valence-electron chi connectivity index (χ1n) is 5.71. The van der Waals surface area contributed by atoms with Gasteiger partial charge >= 0.3 is 5.97 Å². The zero-order valence-corrected chi connectivity index (χ0v) is 9.85. The molecule has 1 amide bonds. The number of aliphatic carboxylic acids is 1. The molecular formula is C11H20N2O3. The Morgan fingerprint density at radius 2 is 2.00 bits per heavy atom. The summed E-state index contributed by atoms with van der Waals surface area (Å²) in [5, 5.41) is 8.62. The molecule has 1 aliphatic carbocycles. The van der Waals surface area contributed by atoms with E-state index in [1.807, 2.05) is 13.8 Å². The molecule has 1 saturated carbocycles. The number of amides is 1. The van der Waals surface area contributed by atoms with Crippen molar-refractivity contribution in [2.75, 3.05) is 6.54 Å². The third-order valence-electron chi connectivity index (χ3n) is 2.84. The average molecular weight is 228 g/mol. The zero-order valence-electron chi connectivity index (χ0n) is 9.85. The first-order valence-corrected chi connectivity index (χ1v) is 5.71. The second-order valence-corrected chi connectivity index (χ2v) is 4.68. The molecule has 1 atom stereocenters. The highest BCUT2D eigenvalue weighted by Crippen LogP contribution is 2.27. The lowest BCUT2D eigenvalue weighted by atomic mass is 10.0. The van der Waals surface area contributed by atoms with Gasteiger partial charge < -0.3 is 15.7 Å². The molecule has 5 nitrogen and oxygen atoms in total.